The molecular formula is C25H22F2N4OS. The molecule has 168 valence electrons. The molecule has 0 aliphatic carbocycles. The Morgan fingerprint density at radius 2 is 1.48 bits per heavy atom. The SMILES string of the molecule is CC(Sc1nnc(-c2ccccc2)n1-c1ccc(F)cc1)C(=O)NC(C)c1ccc(F)cc1. The number of halogens is 2. The maximum absolute atomic E-state index is 13.5. The van der Waals surface area contributed by atoms with Gasteiger partial charge in [-0.15, -0.1) is 10.2 Å². The van der Waals surface area contributed by atoms with Crippen LogP contribution in [0, 0.1) is 11.6 Å². The highest BCUT2D eigenvalue weighted by atomic mass is 32.2. The number of carbonyl (C=O) groups is 1. The van der Waals surface area contributed by atoms with Crippen LogP contribution in [0.15, 0.2) is 84.0 Å². The van der Waals surface area contributed by atoms with Crippen molar-refractivity contribution in [2.24, 2.45) is 0 Å². The zero-order chi connectivity index (χ0) is 23.4. The summed E-state index contributed by atoms with van der Waals surface area (Å²) in [5, 5.41) is 11.6. The lowest BCUT2D eigenvalue weighted by Gasteiger charge is -2.18. The number of aromatic nitrogens is 3. The van der Waals surface area contributed by atoms with Crippen molar-refractivity contribution in [2.45, 2.75) is 30.3 Å². The lowest BCUT2D eigenvalue weighted by Crippen LogP contribution is -2.33. The van der Waals surface area contributed by atoms with Crippen LogP contribution in [0.25, 0.3) is 17.1 Å². The second-order valence-corrected chi connectivity index (χ2v) is 8.83. The zero-order valence-electron chi connectivity index (χ0n) is 18.1. The van der Waals surface area contributed by atoms with Crippen molar-refractivity contribution in [3.05, 3.63) is 96.1 Å². The molecule has 2 unspecified atom stereocenters. The molecule has 4 aromatic rings. The van der Waals surface area contributed by atoms with Crippen LogP contribution in [0.2, 0.25) is 0 Å². The van der Waals surface area contributed by atoms with E-state index >= 15 is 0 Å². The third-order valence-corrected chi connectivity index (χ3v) is 6.17. The summed E-state index contributed by atoms with van der Waals surface area (Å²) in [6.07, 6.45) is 0. The molecule has 4 rings (SSSR count). The molecule has 0 spiro atoms. The van der Waals surface area contributed by atoms with Gasteiger partial charge in [0.1, 0.15) is 11.6 Å². The summed E-state index contributed by atoms with van der Waals surface area (Å²) in [5.74, 6) is -0.260. The van der Waals surface area contributed by atoms with Crippen LogP contribution in [0.4, 0.5) is 8.78 Å². The van der Waals surface area contributed by atoms with Gasteiger partial charge in [-0.25, -0.2) is 8.78 Å². The number of carbonyl (C=O) groups excluding carboxylic acids is 1. The van der Waals surface area contributed by atoms with Crippen molar-refractivity contribution in [3.8, 4) is 17.1 Å². The van der Waals surface area contributed by atoms with Crippen LogP contribution in [0.3, 0.4) is 0 Å². The molecule has 8 heteroatoms. The number of thioether (sulfide) groups is 1. The first-order valence-corrected chi connectivity index (χ1v) is 11.3. The maximum atomic E-state index is 13.5. The molecule has 2 atom stereocenters. The normalized spacial score (nSPS) is 12.8. The van der Waals surface area contributed by atoms with E-state index in [1.807, 2.05) is 41.8 Å². The summed E-state index contributed by atoms with van der Waals surface area (Å²) in [5.41, 5.74) is 2.35. The van der Waals surface area contributed by atoms with Gasteiger partial charge in [0.25, 0.3) is 0 Å². The fourth-order valence-corrected chi connectivity index (χ4v) is 4.20. The van der Waals surface area contributed by atoms with Crippen molar-refractivity contribution in [3.63, 3.8) is 0 Å². The average Bonchev–Trinajstić information content (AvgIpc) is 3.24. The first kappa shape index (κ1) is 22.7. The molecule has 3 aromatic carbocycles. The van der Waals surface area contributed by atoms with Crippen LogP contribution < -0.4 is 5.32 Å². The predicted molar refractivity (Wildman–Crippen MR) is 125 cm³/mol. The number of benzene rings is 3. The molecule has 0 saturated heterocycles. The molecule has 0 aliphatic heterocycles. The Balaban J connectivity index is 1.58. The molecule has 0 fully saturated rings. The van der Waals surface area contributed by atoms with E-state index in [2.05, 4.69) is 15.5 Å². The van der Waals surface area contributed by atoms with Gasteiger partial charge >= 0.3 is 0 Å². The highest BCUT2D eigenvalue weighted by Gasteiger charge is 2.23. The Bertz CT molecular complexity index is 1230. The van der Waals surface area contributed by atoms with Gasteiger partial charge in [-0.3, -0.25) is 9.36 Å². The number of nitrogens with one attached hydrogen (secondary N) is 1. The van der Waals surface area contributed by atoms with Crippen LogP contribution in [-0.4, -0.2) is 25.9 Å². The fourth-order valence-electron chi connectivity index (χ4n) is 3.32. The van der Waals surface area contributed by atoms with Crippen LogP contribution in [0.1, 0.15) is 25.5 Å². The summed E-state index contributed by atoms with van der Waals surface area (Å²) in [4.78, 5) is 12.9. The highest BCUT2D eigenvalue weighted by molar-refractivity contribution is 8.00. The molecular weight excluding hydrogens is 442 g/mol. The first-order chi connectivity index (χ1) is 15.9. The Kier molecular flexibility index (Phi) is 6.84. The van der Waals surface area contributed by atoms with E-state index in [4.69, 9.17) is 0 Å². The minimum absolute atomic E-state index is 0.188. The van der Waals surface area contributed by atoms with Crippen molar-refractivity contribution >= 4 is 17.7 Å². The van der Waals surface area contributed by atoms with Gasteiger partial charge in [-0.05, 0) is 55.8 Å². The minimum Gasteiger partial charge on any atom is -0.349 e. The largest absolute Gasteiger partial charge is 0.349 e. The second kappa shape index (κ2) is 9.95. The molecule has 0 aliphatic rings. The van der Waals surface area contributed by atoms with Crippen molar-refractivity contribution < 1.29 is 13.6 Å². The zero-order valence-corrected chi connectivity index (χ0v) is 18.9. The lowest BCUT2D eigenvalue weighted by molar-refractivity contribution is -0.120. The Hall–Kier alpha value is -3.52. The number of rotatable bonds is 7. The number of nitrogens with zero attached hydrogens (tertiary/aromatic N) is 3. The van der Waals surface area contributed by atoms with Crippen molar-refractivity contribution in [1.29, 1.82) is 0 Å². The lowest BCUT2D eigenvalue weighted by atomic mass is 10.1. The van der Waals surface area contributed by atoms with E-state index in [9.17, 15) is 13.6 Å². The summed E-state index contributed by atoms with van der Waals surface area (Å²) < 4.78 is 28.5. The fraction of sp³-hybridized carbons (Fsp3) is 0.160. The van der Waals surface area contributed by atoms with Gasteiger partial charge in [0.05, 0.1) is 11.3 Å². The molecule has 0 radical (unpaired) electrons. The van der Waals surface area contributed by atoms with E-state index in [0.29, 0.717) is 16.7 Å². The van der Waals surface area contributed by atoms with Crippen LogP contribution in [-0.2, 0) is 4.79 Å². The molecule has 0 saturated carbocycles. The number of hydrogen-bond acceptors (Lipinski definition) is 4. The number of amides is 1. The van der Waals surface area contributed by atoms with Gasteiger partial charge in [-0.2, -0.15) is 0 Å². The van der Waals surface area contributed by atoms with E-state index in [-0.39, 0.29) is 23.6 Å². The van der Waals surface area contributed by atoms with Crippen molar-refractivity contribution in [1.82, 2.24) is 20.1 Å². The smallest absolute Gasteiger partial charge is 0.233 e. The molecule has 1 heterocycles. The Labute approximate surface area is 194 Å². The van der Waals surface area contributed by atoms with Crippen LogP contribution >= 0.6 is 11.8 Å². The minimum atomic E-state index is -0.486. The van der Waals surface area contributed by atoms with Gasteiger partial charge in [0.2, 0.25) is 5.91 Å². The molecule has 1 amide bonds. The summed E-state index contributed by atoms with van der Waals surface area (Å²) in [7, 11) is 0. The second-order valence-electron chi connectivity index (χ2n) is 7.53. The molecule has 33 heavy (non-hydrogen) atoms. The highest BCUT2D eigenvalue weighted by Crippen LogP contribution is 2.30. The first-order valence-electron chi connectivity index (χ1n) is 10.4. The van der Waals surface area contributed by atoms with Gasteiger partial charge in [0, 0.05) is 11.3 Å². The molecule has 1 N–H and O–H groups in total. The maximum Gasteiger partial charge on any atom is 0.233 e. The van der Waals surface area contributed by atoms with E-state index < -0.39 is 5.25 Å². The summed E-state index contributed by atoms with van der Waals surface area (Å²) >= 11 is 1.26. The van der Waals surface area contributed by atoms with Crippen LogP contribution in [0.5, 0.6) is 0 Å². The van der Waals surface area contributed by atoms with Gasteiger partial charge in [-0.1, -0.05) is 54.2 Å². The molecule has 1 aromatic heterocycles. The third-order valence-electron chi connectivity index (χ3n) is 5.13. The predicted octanol–water partition coefficient (Wildman–Crippen LogP) is 5.57. The third kappa shape index (κ3) is 5.28. The van der Waals surface area contributed by atoms with E-state index in [1.54, 1.807) is 31.2 Å². The average molecular weight is 465 g/mol. The Morgan fingerprint density at radius 1 is 0.879 bits per heavy atom. The summed E-state index contributed by atoms with van der Waals surface area (Å²) in [6, 6.07) is 21.3. The van der Waals surface area contributed by atoms with E-state index in [0.717, 1.165) is 11.1 Å². The standard InChI is InChI=1S/C25H22F2N4OS/c1-16(18-8-10-20(26)11-9-18)28-24(32)17(2)33-25-30-29-23(19-6-4-3-5-7-19)31(25)22-14-12-21(27)13-15-22/h3-17H,1-2H3,(H,28,32). The molecule has 0 bridgehead atoms. The van der Waals surface area contributed by atoms with Gasteiger partial charge < -0.3 is 5.32 Å². The van der Waals surface area contributed by atoms with E-state index in [1.165, 1.54) is 36.0 Å². The molecule has 5 nitrogen and oxygen atoms in total. The number of hydrogen-bond donors (Lipinski definition) is 1. The summed E-state index contributed by atoms with van der Waals surface area (Å²) in [6.45, 7) is 3.63. The topological polar surface area (TPSA) is 59.8 Å². The quantitative estimate of drug-likeness (QED) is 0.363. The van der Waals surface area contributed by atoms with Crippen molar-refractivity contribution in [2.75, 3.05) is 0 Å². The Morgan fingerprint density at radius 3 is 2.12 bits per heavy atom. The monoisotopic (exact) mass is 464 g/mol. The van der Waals surface area contributed by atoms with Gasteiger partial charge in [0.15, 0.2) is 11.0 Å².